The number of para-hydroxylation sites is 1. The van der Waals surface area contributed by atoms with Gasteiger partial charge in [-0.05, 0) is 18.1 Å². The van der Waals surface area contributed by atoms with E-state index in [9.17, 15) is 4.79 Å². The van der Waals surface area contributed by atoms with Crippen LogP contribution in [0.1, 0.15) is 23.6 Å². The van der Waals surface area contributed by atoms with Crippen molar-refractivity contribution in [1.82, 2.24) is 10.2 Å². The van der Waals surface area contributed by atoms with Crippen LogP contribution in [0.2, 0.25) is 0 Å². The molecular formula is C20H25ClN2O2. The lowest BCUT2D eigenvalue weighted by Gasteiger charge is -2.37. The summed E-state index contributed by atoms with van der Waals surface area (Å²) in [7, 11) is 1.68. The highest BCUT2D eigenvalue weighted by atomic mass is 35.5. The van der Waals surface area contributed by atoms with E-state index in [1.807, 2.05) is 47.4 Å². The molecule has 1 N–H and O–H groups in total. The Bertz CT molecular complexity index is 678. The third kappa shape index (κ3) is 4.74. The van der Waals surface area contributed by atoms with Gasteiger partial charge in [-0.25, -0.2) is 0 Å². The Labute approximate surface area is 155 Å². The third-order valence-corrected chi connectivity index (χ3v) is 4.53. The standard InChI is InChI=1S/C20H24N2O2.ClH/c1-24-19-10-6-5-9-17(19)18-15-21-13-14-22(18)20(23)12-11-16-7-3-2-4-8-16;/h2-10,18,21H,11-15H2,1H3;1H. The van der Waals surface area contributed by atoms with Gasteiger partial charge in [0, 0.05) is 31.6 Å². The first kappa shape index (κ1) is 19.3. The van der Waals surface area contributed by atoms with Gasteiger partial charge >= 0.3 is 0 Å². The van der Waals surface area contributed by atoms with Crippen LogP contribution in [0.3, 0.4) is 0 Å². The van der Waals surface area contributed by atoms with E-state index in [1.165, 1.54) is 5.56 Å². The van der Waals surface area contributed by atoms with E-state index in [1.54, 1.807) is 7.11 Å². The molecule has 1 aliphatic rings. The molecule has 0 saturated carbocycles. The highest BCUT2D eigenvalue weighted by Gasteiger charge is 2.29. The number of hydrogen-bond acceptors (Lipinski definition) is 3. The fourth-order valence-corrected chi connectivity index (χ4v) is 3.26. The molecule has 5 heteroatoms. The van der Waals surface area contributed by atoms with Crippen molar-refractivity contribution in [3.63, 3.8) is 0 Å². The number of nitrogens with zero attached hydrogens (tertiary/aromatic N) is 1. The highest BCUT2D eigenvalue weighted by molar-refractivity contribution is 5.85. The Morgan fingerprint density at radius 1 is 1.16 bits per heavy atom. The molecule has 0 aromatic heterocycles. The van der Waals surface area contributed by atoms with Crippen molar-refractivity contribution in [1.29, 1.82) is 0 Å². The third-order valence-electron chi connectivity index (χ3n) is 4.53. The predicted molar refractivity (Wildman–Crippen MR) is 102 cm³/mol. The number of carbonyl (C=O) groups excluding carboxylic acids is 1. The molecule has 0 aliphatic carbocycles. The number of hydrogen-bond donors (Lipinski definition) is 1. The molecule has 25 heavy (non-hydrogen) atoms. The number of ether oxygens (including phenoxy) is 1. The first-order valence-corrected chi connectivity index (χ1v) is 8.46. The Balaban J connectivity index is 0.00000225. The summed E-state index contributed by atoms with van der Waals surface area (Å²) in [6, 6.07) is 18.2. The van der Waals surface area contributed by atoms with Crippen LogP contribution in [0, 0.1) is 0 Å². The van der Waals surface area contributed by atoms with Gasteiger partial charge in [0.15, 0.2) is 0 Å². The normalized spacial score (nSPS) is 16.8. The minimum Gasteiger partial charge on any atom is -0.496 e. The van der Waals surface area contributed by atoms with Crippen LogP contribution in [-0.4, -0.2) is 37.6 Å². The molecule has 0 bridgehead atoms. The zero-order chi connectivity index (χ0) is 16.8. The van der Waals surface area contributed by atoms with Crippen LogP contribution >= 0.6 is 12.4 Å². The molecule has 1 fully saturated rings. The molecule has 1 saturated heterocycles. The molecule has 0 radical (unpaired) electrons. The summed E-state index contributed by atoms with van der Waals surface area (Å²) in [5.74, 6) is 1.04. The van der Waals surface area contributed by atoms with Gasteiger partial charge in [-0.15, -0.1) is 12.4 Å². The van der Waals surface area contributed by atoms with Crippen molar-refractivity contribution in [2.24, 2.45) is 0 Å². The maximum absolute atomic E-state index is 12.8. The van der Waals surface area contributed by atoms with Gasteiger partial charge in [0.2, 0.25) is 5.91 Å². The first-order chi connectivity index (χ1) is 11.8. The molecule has 1 heterocycles. The summed E-state index contributed by atoms with van der Waals surface area (Å²) >= 11 is 0. The number of halogens is 1. The average molecular weight is 361 g/mol. The van der Waals surface area contributed by atoms with E-state index in [-0.39, 0.29) is 24.4 Å². The summed E-state index contributed by atoms with van der Waals surface area (Å²) in [4.78, 5) is 14.8. The molecule has 1 aliphatic heterocycles. The number of amides is 1. The van der Waals surface area contributed by atoms with Gasteiger partial charge < -0.3 is 15.0 Å². The summed E-state index contributed by atoms with van der Waals surface area (Å²) in [5, 5.41) is 3.39. The van der Waals surface area contributed by atoms with Crippen LogP contribution in [0.25, 0.3) is 0 Å². The van der Waals surface area contributed by atoms with Crippen LogP contribution in [0.5, 0.6) is 5.75 Å². The average Bonchev–Trinajstić information content (AvgIpc) is 2.67. The minimum absolute atomic E-state index is 0. The lowest BCUT2D eigenvalue weighted by molar-refractivity contribution is -0.134. The van der Waals surface area contributed by atoms with E-state index in [2.05, 4.69) is 17.4 Å². The minimum atomic E-state index is 0. The second kappa shape index (κ2) is 9.44. The molecule has 1 atom stereocenters. The molecule has 134 valence electrons. The summed E-state index contributed by atoms with van der Waals surface area (Å²) in [5.41, 5.74) is 2.27. The Morgan fingerprint density at radius 3 is 2.64 bits per heavy atom. The molecule has 2 aromatic carbocycles. The maximum Gasteiger partial charge on any atom is 0.223 e. The number of aryl methyl sites for hydroxylation is 1. The van der Waals surface area contributed by atoms with Crippen molar-refractivity contribution in [2.45, 2.75) is 18.9 Å². The molecule has 1 unspecified atom stereocenters. The van der Waals surface area contributed by atoms with Crippen molar-refractivity contribution in [3.8, 4) is 5.75 Å². The maximum atomic E-state index is 12.8. The summed E-state index contributed by atoms with van der Waals surface area (Å²) in [6.07, 6.45) is 1.32. The van der Waals surface area contributed by atoms with Gasteiger partial charge in [-0.2, -0.15) is 0 Å². The fraction of sp³-hybridized carbons (Fsp3) is 0.350. The number of methoxy groups -OCH3 is 1. The number of benzene rings is 2. The second-order valence-electron chi connectivity index (χ2n) is 6.03. The molecule has 0 spiro atoms. The highest BCUT2D eigenvalue weighted by Crippen LogP contribution is 2.30. The topological polar surface area (TPSA) is 41.6 Å². The zero-order valence-electron chi connectivity index (χ0n) is 14.5. The lowest BCUT2D eigenvalue weighted by atomic mass is 10.0. The Kier molecular flexibility index (Phi) is 7.29. The smallest absolute Gasteiger partial charge is 0.223 e. The largest absolute Gasteiger partial charge is 0.496 e. The second-order valence-corrected chi connectivity index (χ2v) is 6.03. The van der Waals surface area contributed by atoms with E-state index in [0.717, 1.165) is 37.4 Å². The van der Waals surface area contributed by atoms with E-state index < -0.39 is 0 Å². The Morgan fingerprint density at radius 2 is 1.88 bits per heavy atom. The van der Waals surface area contributed by atoms with Crippen LogP contribution < -0.4 is 10.1 Å². The van der Waals surface area contributed by atoms with E-state index in [4.69, 9.17) is 4.74 Å². The van der Waals surface area contributed by atoms with Crippen molar-refractivity contribution < 1.29 is 9.53 Å². The van der Waals surface area contributed by atoms with Crippen molar-refractivity contribution >= 4 is 18.3 Å². The number of rotatable bonds is 5. The molecule has 1 amide bonds. The first-order valence-electron chi connectivity index (χ1n) is 8.46. The summed E-state index contributed by atoms with van der Waals surface area (Å²) in [6.45, 7) is 2.33. The van der Waals surface area contributed by atoms with Gasteiger partial charge in [-0.3, -0.25) is 4.79 Å². The van der Waals surface area contributed by atoms with Crippen LogP contribution in [0.15, 0.2) is 54.6 Å². The van der Waals surface area contributed by atoms with E-state index in [0.29, 0.717) is 6.42 Å². The van der Waals surface area contributed by atoms with Crippen molar-refractivity contribution in [2.75, 3.05) is 26.7 Å². The predicted octanol–water partition coefficient (Wildman–Crippen LogP) is 3.22. The van der Waals surface area contributed by atoms with Crippen LogP contribution in [0.4, 0.5) is 0 Å². The quantitative estimate of drug-likeness (QED) is 0.890. The molecule has 4 nitrogen and oxygen atoms in total. The summed E-state index contributed by atoms with van der Waals surface area (Å²) < 4.78 is 5.49. The van der Waals surface area contributed by atoms with Gasteiger partial charge in [0.05, 0.1) is 13.2 Å². The monoisotopic (exact) mass is 360 g/mol. The van der Waals surface area contributed by atoms with Crippen LogP contribution in [-0.2, 0) is 11.2 Å². The number of nitrogens with one attached hydrogen (secondary N) is 1. The van der Waals surface area contributed by atoms with Gasteiger partial charge in [0.1, 0.15) is 5.75 Å². The van der Waals surface area contributed by atoms with Gasteiger partial charge in [0.25, 0.3) is 0 Å². The number of carbonyl (C=O) groups is 1. The van der Waals surface area contributed by atoms with Crippen molar-refractivity contribution in [3.05, 3.63) is 65.7 Å². The SMILES string of the molecule is COc1ccccc1C1CNCCN1C(=O)CCc1ccccc1.Cl. The lowest BCUT2D eigenvalue weighted by Crippen LogP contribution is -2.48. The Hall–Kier alpha value is -2.04. The van der Waals surface area contributed by atoms with E-state index >= 15 is 0 Å². The fourth-order valence-electron chi connectivity index (χ4n) is 3.26. The molecule has 3 rings (SSSR count). The van der Waals surface area contributed by atoms with Gasteiger partial charge in [-0.1, -0.05) is 48.5 Å². The number of piperazine rings is 1. The molecule has 2 aromatic rings. The zero-order valence-corrected chi connectivity index (χ0v) is 15.3. The molecular weight excluding hydrogens is 336 g/mol.